The van der Waals surface area contributed by atoms with E-state index >= 15 is 0 Å². The zero-order chi connectivity index (χ0) is 19.8. The van der Waals surface area contributed by atoms with E-state index in [1.165, 1.54) is 11.3 Å². The van der Waals surface area contributed by atoms with Crippen LogP contribution in [0.15, 0.2) is 47.8 Å². The van der Waals surface area contributed by atoms with Crippen molar-refractivity contribution in [1.82, 2.24) is 5.32 Å². The van der Waals surface area contributed by atoms with Crippen molar-refractivity contribution >= 4 is 45.7 Å². The summed E-state index contributed by atoms with van der Waals surface area (Å²) in [5.74, 6) is -1.27. The van der Waals surface area contributed by atoms with Gasteiger partial charge in [-0.2, -0.15) is 0 Å². The summed E-state index contributed by atoms with van der Waals surface area (Å²) in [6.45, 7) is 0.456. The van der Waals surface area contributed by atoms with E-state index in [-0.39, 0.29) is 11.5 Å². The molecule has 1 aliphatic rings. The molecule has 0 saturated carbocycles. The number of carbonyl (C=O) groups excluding carboxylic acids is 3. The van der Waals surface area contributed by atoms with Gasteiger partial charge in [-0.25, -0.2) is 0 Å². The lowest BCUT2D eigenvalue weighted by atomic mass is 10.0. The SMILES string of the molecule is NC(=O)c1c(-c2ccc(Cl)cc2)csc1NC(=O)c1ccc2c(c1)C(=O)NC2. The van der Waals surface area contributed by atoms with E-state index in [1.807, 2.05) is 0 Å². The highest BCUT2D eigenvalue weighted by Crippen LogP contribution is 2.36. The van der Waals surface area contributed by atoms with Gasteiger partial charge in [-0.15, -0.1) is 11.3 Å². The number of benzene rings is 2. The van der Waals surface area contributed by atoms with E-state index in [0.717, 1.165) is 11.1 Å². The molecule has 3 amide bonds. The molecular formula is C20H14ClN3O3S. The number of rotatable bonds is 4. The molecule has 0 unspecified atom stereocenters. The van der Waals surface area contributed by atoms with Gasteiger partial charge in [-0.1, -0.05) is 29.8 Å². The highest BCUT2D eigenvalue weighted by atomic mass is 35.5. The van der Waals surface area contributed by atoms with Crippen molar-refractivity contribution in [3.05, 3.63) is 75.1 Å². The Morgan fingerprint density at radius 3 is 2.57 bits per heavy atom. The minimum Gasteiger partial charge on any atom is -0.365 e. The van der Waals surface area contributed by atoms with Gasteiger partial charge in [-0.3, -0.25) is 14.4 Å². The maximum absolute atomic E-state index is 12.7. The van der Waals surface area contributed by atoms with Crippen LogP contribution in [0.2, 0.25) is 5.02 Å². The lowest BCUT2D eigenvalue weighted by molar-refractivity contribution is 0.0964. The Hall–Kier alpha value is -3.16. The molecule has 140 valence electrons. The van der Waals surface area contributed by atoms with Crippen LogP contribution in [0.5, 0.6) is 0 Å². The number of nitrogens with one attached hydrogen (secondary N) is 2. The molecule has 8 heteroatoms. The number of primary amides is 1. The molecule has 1 aliphatic heterocycles. The Morgan fingerprint density at radius 1 is 1.11 bits per heavy atom. The Kier molecular flexibility index (Phi) is 4.62. The lowest BCUT2D eigenvalue weighted by Gasteiger charge is -2.08. The number of halogens is 1. The fourth-order valence-electron chi connectivity index (χ4n) is 3.07. The average molecular weight is 412 g/mol. The molecule has 4 rings (SSSR count). The zero-order valence-electron chi connectivity index (χ0n) is 14.4. The number of hydrogen-bond acceptors (Lipinski definition) is 4. The first kappa shape index (κ1) is 18.2. The first-order valence-corrected chi connectivity index (χ1v) is 9.59. The molecular weight excluding hydrogens is 398 g/mol. The van der Waals surface area contributed by atoms with Gasteiger partial charge < -0.3 is 16.4 Å². The summed E-state index contributed by atoms with van der Waals surface area (Å²) in [5, 5.41) is 8.14. The summed E-state index contributed by atoms with van der Waals surface area (Å²) in [4.78, 5) is 36.6. The second-order valence-electron chi connectivity index (χ2n) is 6.23. The van der Waals surface area contributed by atoms with Gasteiger partial charge >= 0.3 is 0 Å². The molecule has 6 nitrogen and oxygen atoms in total. The predicted octanol–water partition coefficient (Wildman–Crippen LogP) is 3.66. The van der Waals surface area contributed by atoms with Crippen LogP contribution < -0.4 is 16.4 Å². The van der Waals surface area contributed by atoms with E-state index in [9.17, 15) is 14.4 Å². The first-order valence-electron chi connectivity index (χ1n) is 8.34. The van der Waals surface area contributed by atoms with E-state index in [2.05, 4.69) is 10.6 Å². The standard InChI is InChI=1S/C20H14ClN3O3S/c21-13-5-3-10(4-6-13)15-9-28-20(16(15)17(22)25)24-18(26)11-1-2-12-8-23-19(27)14(12)7-11/h1-7,9H,8H2,(H2,22,25)(H,23,27)(H,24,26). The fraction of sp³-hybridized carbons (Fsp3) is 0.0500. The molecule has 0 bridgehead atoms. The molecule has 1 aromatic heterocycles. The molecule has 2 heterocycles. The largest absolute Gasteiger partial charge is 0.365 e. The molecule has 0 atom stereocenters. The third-order valence-corrected chi connectivity index (χ3v) is 5.62. The second-order valence-corrected chi connectivity index (χ2v) is 7.55. The summed E-state index contributed by atoms with van der Waals surface area (Å²) >= 11 is 7.13. The summed E-state index contributed by atoms with van der Waals surface area (Å²) in [5.41, 5.74) is 8.85. The van der Waals surface area contributed by atoms with Crippen molar-refractivity contribution in [2.45, 2.75) is 6.54 Å². The van der Waals surface area contributed by atoms with Gasteiger partial charge in [0.25, 0.3) is 17.7 Å². The van der Waals surface area contributed by atoms with Crippen molar-refractivity contribution in [2.24, 2.45) is 5.73 Å². The van der Waals surface area contributed by atoms with E-state index in [4.69, 9.17) is 17.3 Å². The third-order valence-electron chi connectivity index (χ3n) is 4.48. The molecule has 4 N–H and O–H groups in total. The normalized spacial score (nSPS) is 12.4. The minimum atomic E-state index is -0.644. The van der Waals surface area contributed by atoms with Crippen LogP contribution in [0.1, 0.15) is 36.6 Å². The molecule has 28 heavy (non-hydrogen) atoms. The number of thiophene rings is 1. The van der Waals surface area contributed by atoms with Gasteiger partial charge in [0.05, 0.1) is 5.56 Å². The minimum absolute atomic E-state index is 0.205. The summed E-state index contributed by atoms with van der Waals surface area (Å²) in [7, 11) is 0. The van der Waals surface area contributed by atoms with Crippen molar-refractivity contribution < 1.29 is 14.4 Å². The number of hydrogen-bond donors (Lipinski definition) is 3. The quantitative estimate of drug-likeness (QED) is 0.610. The summed E-state index contributed by atoms with van der Waals surface area (Å²) in [6.07, 6.45) is 0. The van der Waals surface area contributed by atoms with E-state index < -0.39 is 11.8 Å². The van der Waals surface area contributed by atoms with Crippen LogP contribution in [0, 0.1) is 0 Å². The highest BCUT2D eigenvalue weighted by Gasteiger charge is 2.23. The monoisotopic (exact) mass is 411 g/mol. The predicted molar refractivity (Wildman–Crippen MR) is 109 cm³/mol. The van der Waals surface area contributed by atoms with Crippen LogP contribution in [-0.2, 0) is 6.54 Å². The van der Waals surface area contributed by atoms with Gasteiger partial charge in [0.15, 0.2) is 0 Å². The number of fused-ring (bicyclic) bond motifs is 1. The Morgan fingerprint density at radius 2 is 1.86 bits per heavy atom. The molecule has 0 radical (unpaired) electrons. The van der Waals surface area contributed by atoms with Gasteiger partial charge in [0.2, 0.25) is 0 Å². The Labute approximate surface area is 169 Å². The zero-order valence-corrected chi connectivity index (χ0v) is 16.0. The second kappa shape index (κ2) is 7.10. The molecule has 0 fully saturated rings. The average Bonchev–Trinajstić information content (AvgIpc) is 3.26. The Bertz CT molecular complexity index is 1120. The van der Waals surface area contributed by atoms with Crippen molar-refractivity contribution in [3.63, 3.8) is 0 Å². The van der Waals surface area contributed by atoms with Gasteiger partial charge in [0, 0.05) is 33.6 Å². The highest BCUT2D eigenvalue weighted by molar-refractivity contribution is 7.15. The molecule has 0 spiro atoms. The van der Waals surface area contributed by atoms with Crippen LogP contribution in [0.4, 0.5) is 5.00 Å². The first-order chi connectivity index (χ1) is 13.4. The van der Waals surface area contributed by atoms with Crippen molar-refractivity contribution in [2.75, 3.05) is 5.32 Å². The maximum atomic E-state index is 12.7. The molecule has 0 aliphatic carbocycles. The van der Waals surface area contributed by atoms with Crippen LogP contribution >= 0.6 is 22.9 Å². The van der Waals surface area contributed by atoms with E-state index in [1.54, 1.807) is 47.8 Å². The topological polar surface area (TPSA) is 101 Å². The molecule has 3 aromatic rings. The smallest absolute Gasteiger partial charge is 0.256 e. The van der Waals surface area contributed by atoms with Crippen LogP contribution in [0.3, 0.4) is 0 Å². The third kappa shape index (κ3) is 3.26. The fourth-order valence-corrected chi connectivity index (χ4v) is 4.16. The summed E-state index contributed by atoms with van der Waals surface area (Å²) < 4.78 is 0. The van der Waals surface area contributed by atoms with Crippen molar-refractivity contribution in [1.29, 1.82) is 0 Å². The number of amides is 3. The van der Waals surface area contributed by atoms with Crippen LogP contribution in [-0.4, -0.2) is 17.7 Å². The van der Waals surface area contributed by atoms with Gasteiger partial charge in [0.1, 0.15) is 5.00 Å². The lowest BCUT2D eigenvalue weighted by Crippen LogP contribution is -2.18. The number of nitrogens with two attached hydrogens (primary N) is 1. The number of carbonyl (C=O) groups is 3. The molecule has 2 aromatic carbocycles. The summed E-state index contributed by atoms with van der Waals surface area (Å²) in [6, 6.07) is 11.9. The van der Waals surface area contributed by atoms with Crippen LogP contribution in [0.25, 0.3) is 11.1 Å². The maximum Gasteiger partial charge on any atom is 0.256 e. The van der Waals surface area contributed by atoms with Gasteiger partial charge in [-0.05, 0) is 35.4 Å². The molecule has 0 saturated heterocycles. The van der Waals surface area contributed by atoms with Crippen molar-refractivity contribution in [3.8, 4) is 11.1 Å². The number of anilines is 1. The Balaban J connectivity index is 1.66. The van der Waals surface area contributed by atoms with E-state index in [0.29, 0.717) is 33.3 Å².